The average Bonchev–Trinajstić information content (AvgIpc) is 3.28. The van der Waals surface area contributed by atoms with Gasteiger partial charge in [-0.2, -0.15) is 10.2 Å². The van der Waals surface area contributed by atoms with E-state index >= 15 is 0 Å². The van der Waals surface area contributed by atoms with E-state index in [1.54, 1.807) is 10.7 Å². The molecule has 2 heterocycles. The molecule has 0 unspecified atom stereocenters. The predicted molar refractivity (Wildman–Crippen MR) is 89.3 cm³/mol. The van der Waals surface area contributed by atoms with Gasteiger partial charge in [0.2, 0.25) is 0 Å². The van der Waals surface area contributed by atoms with Gasteiger partial charge in [-0.25, -0.2) is 4.98 Å². The van der Waals surface area contributed by atoms with Gasteiger partial charge in [0.1, 0.15) is 11.5 Å². The molecule has 0 aliphatic heterocycles. The molecule has 2 N–H and O–H groups in total. The Labute approximate surface area is 140 Å². The van der Waals surface area contributed by atoms with Crippen LogP contribution in [0.25, 0.3) is 0 Å². The first-order valence-corrected chi connectivity index (χ1v) is 8.00. The molecule has 1 amide bonds. The number of hydrogen-bond donors (Lipinski definition) is 2. The van der Waals surface area contributed by atoms with Crippen LogP contribution in [0.1, 0.15) is 34.6 Å². The van der Waals surface area contributed by atoms with E-state index in [1.165, 1.54) is 5.56 Å². The molecule has 2 aromatic heterocycles. The molecule has 3 aromatic rings. The normalized spacial score (nSPS) is 10.7. The van der Waals surface area contributed by atoms with Crippen LogP contribution in [-0.2, 0) is 25.9 Å². The Balaban J connectivity index is 1.51. The van der Waals surface area contributed by atoms with Crippen molar-refractivity contribution in [2.75, 3.05) is 0 Å². The third-order valence-corrected chi connectivity index (χ3v) is 3.66. The molecule has 124 valence electrons. The number of H-pyrrole nitrogens is 1. The molecule has 24 heavy (non-hydrogen) atoms. The Morgan fingerprint density at radius 2 is 2.08 bits per heavy atom. The molecule has 1 aromatic carbocycles. The minimum Gasteiger partial charge on any atom is -0.343 e. The number of aromatic amines is 1. The zero-order valence-electron chi connectivity index (χ0n) is 13.6. The number of carbonyl (C=O) groups is 1. The lowest BCUT2D eigenvalue weighted by Crippen LogP contribution is -2.24. The first-order chi connectivity index (χ1) is 11.7. The molecule has 7 heteroatoms. The summed E-state index contributed by atoms with van der Waals surface area (Å²) in [6.45, 7) is 3.02. The molecule has 0 fully saturated rings. The second-order valence-electron chi connectivity index (χ2n) is 5.43. The highest BCUT2D eigenvalue weighted by atomic mass is 16.1. The quantitative estimate of drug-likeness (QED) is 0.693. The second kappa shape index (κ2) is 7.54. The maximum Gasteiger partial charge on any atom is 0.272 e. The Hall–Kier alpha value is -2.96. The van der Waals surface area contributed by atoms with E-state index in [1.807, 2.05) is 31.3 Å². The summed E-state index contributed by atoms with van der Waals surface area (Å²) >= 11 is 0. The van der Waals surface area contributed by atoms with Gasteiger partial charge in [-0.15, -0.1) is 0 Å². The van der Waals surface area contributed by atoms with Crippen LogP contribution in [-0.4, -0.2) is 30.9 Å². The van der Waals surface area contributed by atoms with Crippen LogP contribution in [0.3, 0.4) is 0 Å². The highest BCUT2D eigenvalue weighted by Gasteiger charge is 2.10. The van der Waals surface area contributed by atoms with Crippen LogP contribution in [0, 0.1) is 0 Å². The third kappa shape index (κ3) is 4.07. The second-order valence-corrected chi connectivity index (χ2v) is 5.43. The predicted octanol–water partition coefficient (Wildman–Crippen LogP) is 1.74. The first kappa shape index (κ1) is 15.9. The molecule has 0 aliphatic rings. The van der Waals surface area contributed by atoms with Crippen molar-refractivity contribution >= 4 is 5.91 Å². The summed E-state index contributed by atoms with van der Waals surface area (Å²) in [6, 6.07) is 11.9. The zero-order valence-corrected chi connectivity index (χ0v) is 13.6. The van der Waals surface area contributed by atoms with Crippen LogP contribution in [0.2, 0.25) is 0 Å². The van der Waals surface area contributed by atoms with Crippen LogP contribution in [0.5, 0.6) is 0 Å². The Morgan fingerprint density at radius 3 is 2.83 bits per heavy atom. The number of nitrogens with one attached hydrogen (secondary N) is 2. The van der Waals surface area contributed by atoms with E-state index < -0.39 is 0 Å². The summed E-state index contributed by atoms with van der Waals surface area (Å²) in [5.41, 5.74) is 1.65. The van der Waals surface area contributed by atoms with Crippen molar-refractivity contribution in [3.63, 3.8) is 0 Å². The highest BCUT2D eigenvalue weighted by Crippen LogP contribution is 2.03. The maximum atomic E-state index is 12.1. The van der Waals surface area contributed by atoms with Crippen LogP contribution < -0.4 is 5.32 Å². The van der Waals surface area contributed by atoms with Gasteiger partial charge in [0.05, 0.1) is 6.54 Å². The van der Waals surface area contributed by atoms with Crippen LogP contribution in [0.15, 0.2) is 42.6 Å². The van der Waals surface area contributed by atoms with Gasteiger partial charge in [0.15, 0.2) is 5.82 Å². The molecule has 0 bridgehead atoms. The molecule has 0 saturated heterocycles. The number of aryl methyl sites for hydroxylation is 3. The van der Waals surface area contributed by atoms with Gasteiger partial charge in [-0.05, 0) is 18.1 Å². The van der Waals surface area contributed by atoms with Crippen LogP contribution >= 0.6 is 0 Å². The van der Waals surface area contributed by atoms with E-state index in [0.29, 0.717) is 18.1 Å². The van der Waals surface area contributed by atoms with Crippen molar-refractivity contribution < 1.29 is 4.79 Å². The Kier molecular flexibility index (Phi) is 5.00. The van der Waals surface area contributed by atoms with Gasteiger partial charge in [-0.3, -0.25) is 14.6 Å². The zero-order chi connectivity index (χ0) is 16.8. The van der Waals surface area contributed by atoms with E-state index in [0.717, 1.165) is 25.2 Å². The molecule has 0 saturated carbocycles. The molecule has 7 nitrogen and oxygen atoms in total. The van der Waals surface area contributed by atoms with Gasteiger partial charge < -0.3 is 5.32 Å². The number of hydrogen-bond acceptors (Lipinski definition) is 4. The minimum atomic E-state index is -0.220. The molecular weight excluding hydrogens is 304 g/mol. The molecule has 0 spiro atoms. The molecule has 3 rings (SSSR count). The SMILES string of the molecule is CCc1n[nH]c(CNC(=O)c2ccn(CCc3ccccc3)n2)n1. The summed E-state index contributed by atoms with van der Waals surface area (Å²) in [7, 11) is 0. The van der Waals surface area contributed by atoms with Crippen molar-refractivity contribution in [1.82, 2.24) is 30.3 Å². The number of carbonyl (C=O) groups excluding carboxylic acids is 1. The number of aromatic nitrogens is 5. The number of nitrogens with zero attached hydrogens (tertiary/aromatic N) is 4. The Bertz CT molecular complexity index is 792. The molecular formula is C17H20N6O. The smallest absolute Gasteiger partial charge is 0.272 e. The van der Waals surface area contributed by atoms with Crippen molar-refractivity contribution in [3.8, 4) is 0 Å². The van der Waals surface area contributed by atoms with E-state index in [2.05, 4.69) is 37.7 Å². The first-order valence-electron chi connectivity index (χ1n) is 8.00. The lowest BCUT2D eigenvalue weighted by atomic mass is 10.2. The summed E-state index contributed by atoms with van der Waals surface area (Å²) in [4.78, 5) is 16.4. The van der Waals surface area contributed by atoms with E-state index in [4.69, 9.17) is 0 Å². The average molecular weight is 324 g/mol. The van der Waals surface area contributed by atoms with Gasteiger partial charge in [-0.1, -0.05) is 37.3 Å². The fourth-order valence-corrected chi connectivity index (χ4v) is 2.32. The molecule has 0 radical (unpaired) electrons. The van der Waals surface area contributed by atoms with Crippen molar-refractivity contribution in [1.29, 1.82) is 0 Å². The van der Waals surface area contributed by atoms with E-state index in [-0.39, 0.29) is 5.91 Å². The van der Waals surface area contributed by atoms with Crippen molar-refractivity contribution in [3.05, 3.63) is 65.5 Å². The number of rotatable bonds is 7. The van der Waals surface area contributed by atoms with Crippen molar-refractivity contribution in [2.45, 2.75) is 32.9 Å². The van der Waals surface area contributed by atoms with E-state index in [9.17, 15) is 4.79 Å². The Morgan fingerprint density at radius 1 is 1.25 bits per heavy atom. The largest absolute Gasteiger partial charge is 0.343 e. The summed E-state index contributed by atoms with van der Waals surface area (Å²) < 4.78 is 1.78. The minimum absolute atomic E-state index is 0.220. The lowest BCUT2D eigenvalue weighted by Gasteiger charge is -2.02. The lowest BCUT2D eigenvalue weighted by molar-refractivity contribution is 0.0944. The summed E-state index contributed by atoms with van der Waals surface area (Å²) in [5, 5.41) is 13.9. The number of benzene rings is 1. The third-order valence-electron chi connectivity index (χ3n) is 3.66. The molecule has 0 atom stereocenters. The fourth-order valence-electron chi connectivity index (χ4n) is 2.32. The fraction of sp³-hybridized carbons (Fsp3) is 0.294. The topological polar surface area (TPSA) is 88.5 Å². The summed E-state index contributed by atoms with van der Waals surface area (Å²) in [5.74, 6) is 1.16. The van der Waals surface area contributed by atoms with Gasteiger partial charge >= 0.3 is 0 Å². The van der Waals surface area contributed by atoms with Crippen LogP contribution in [0.4, 0.5) is 0 Å². The highest BCUT2D eigenvalue weighted by molar-refractivity contribution is 5.91. The standard InChI is InChI=1S/C17H20N6O/c1-2-15-19-16(21-20-15)12-18-17(24)14-9-11-23(22-14)10-8-13-6-4-3-5-7-13/h3-7,9,11H,2,8,10,12H2,1H3,(H,18,24)(H,19,20,21). The molecule has 0 aliphatic carbocycles. The van der Waals surface area contributed by atoms with Gasteiger partial charge in [0, 0.05) is 19.2 Å². The summed E-state index contributed by atoms with van der Waals surface area (Å²) in [6.07, 6.45) is 3.46. The monoisotopic (exact) mass is 324 g/mol. The van der Waals surface area contributed by atoms with Gasteiger partial charge in [0.25, 0.3) is 5.91 Å². The number of amides is 1. The maximum absolute atomic E-state index is 12.1. The van der Waals surface area contributed by atoms with Crippen molar-refractivity contribution in [2.24, 2.45) is 0 Å².